The lowest BCUT2D eigenvalue weighted by molar-refractivity contribution is 0.102. The Bertz CT molecular complexity index is 999. The highest BCUT2D eigenvalue weighted by Gasteiger charge is 2.16. The van der Waals surface area contributed by atoms with Crippen molar-refractivity contribution in [2.45, 2.75) is 0 Å². The minimum Gasteiger partial charge on any atom is -0.384 e. The summed E-state index contributed by atoms with van der Waals surface area (Å²) in [6.07, 6.45) is 1.58. The fourth-order valence-electron chi connectivity index (χ4n) is 2.20. The Kier molecular flexibility index (Phi) is 5.63. The van der Waals surface area contributed by atoms with E-state index in [9.17, 15) is 9.59 Å². The topological polar surface area (TPSA) is 121 Å². The fourth-order valence-corrected chi connectivity index (χ4v) is 3.18. The molecule has 0 saturated carbocycles. The number of amidine groups is 1. The molecule has 136 valence electrons. The summed E-state index contributed by atoms with van der Waals surface area (Å²) in [5.74, 6) is -0.379. The lowest BCUT2D eigenvalue weighted by Gasteiger charge is -2.08. The fraction of sp³-hybridized carbons (Fsp3) is 0. The van der Waals surface area contributed by atoms with Crippen molar-refractivity contribution in [2.75, 3.05) is 10.6 Å². The summed E-state index contributed by atoms with van der Waals surface area (Å²) in [6, 6.07) is 11.4. The molecule has 2 aromatic heterocycles. The van der Waals surface area contributed by atoms with Crippen molar-refractivity contribution in [1.82, 2.24) is 4.98 Å². The maximum atomic E-state index is 12.5. The predicted octanol–water partition coefficient (Wildman–Crippen LogP) is 3.69. The first-order valence-corrected chi connectivity index (χ1v) is 9.37. The second kappa shape index (κ2) is 8.11. The number of benzene rings is 1. The molecular weight excluding hydrogens is 430 g/mol. The molecule has 0 fully saturated rings. The number of hydrogen-bond acceptors (Lipinski definition) is 5. The van der Waals surface area contributed by atoms with Crippen LogP contribution in [0.5, 0.6) is 0 Å². The Morgan fingerprint density at radius 2 is 1.70 bits per heavy atom. The Labute approximate surface area is 167 Å². The van der Waals surface area contributed by atoms with E-state index in [1.165, 1.54) is 11.3 Å². The lowest BCUT2D eigenvalue weighted by Crippen LogP contribution is -2.17. The monoisotopic (exact) mass is 443 g/mol. The summed E-state index contributed by atoms with van der Waals surface area (Å²) in [5, 5.41) is 14.5. The first-order valence-electron chi connectivity index (χ1n) is 7.70. The number of thiophene rings is 1. The van der Waals surface area contributed by atoms with Gasteiger partial charge in [-0.05, 0) is 51.6 Å². The molecule has 2 amide bonds. The van der Waals surface area contributed by atoms with Crippen LogP contribution in [0.15, 0.2) is 58.5 Å². The molecule has 0 aliphatic rings. The van der Waals surface area contributed by atoms with E-state index < -0.39 is 0 Å². The van der Waals surface area contributed by atoms with Gasteiger partial charge in [0.25, 0.3) is 11.8 Å². The van der Waals surface area contributed by atoms with Crippen LogP contribution in [-0.4, -0.2) is 22.6 Å². The van der Waals surface area contributed by atoms with Gasteiger partial charge < -0.3 is 16.4 Å². The molecule has 7 nitrogen and oxygen atoms in total. The number of carbonyl (C=O) groups is 2. The first-order chi connectivity index (χ1) is 12.9. The molecule has 3 rings (SSSR count). The molecule has 3 aromatic rings. The number of nitrogens with two attached hydrogens (primary N) is 1. The highest BCUT2D eigenvalue weighted by molar-refractivity contribution is 9.10. The zero-order chi connectivity index (χ0) is 19.4. The van der Waals surface area contributed by atoms with Crippen LogP contribution < -0.4 is 16.4 Å². The highest BCUT2D eigenvalue weighted by atomic mass is 79.9. The van der Waals surface area contributed by atoms with Gasteiger partial charge in [-0.25, -0.2) is 4.98 Å². The van der Waals surface area contributed by atoms with Crippen molar-refractivity contribution in [1.29, 1.82) is 5.41 Å². The summed E-state index contributed by atoms with van der Waals surface area (Å²) in [6.45, 7) is 0. The van der Waals surface area contributed by atoms with Gasteiger partial charge in [0, 0.05) is 21.8 Å². The lowest BCUT2D eigenvalue weighted by atomic mass is 10.1. The second-order valence-corrected chi connectivity index (χ2v) is 7.26. The quantitative estimate of drug-likeness (QED) is 0.354. The van der Waals surface area contributed by atoms with Gasteiger partial charge in [0.1, 0.15) is 16.5 Å². The summed E-state index contributed by atoms with van der Waals surface area (Å²) in [5.41, 5.74) is 6.75. The number of aromatic nitrogens is 1. The van der Waals surface area contributed by atoms with Crippen LogP contribution in [0.3, 0.4) is 0 Å². The van der Waals surface area contributed by atoms with Gasteiger partial charge in [0.15, 0.2) is 0 Å². The number of nitrogen functional groups attached to an aromatic ring is 1. The van der Waals surface area contributed by atoms with Crippen molar-refractivity contribution in [3.05, 3.63) is 74.5 Å². The standard InChI is InChI=1S/C18H14BrN5O2S/c19-12-5-6-14(22-9-12)24-18(26)15-13(7-8-27-15)23-17(25)11-3-1-10(2-4-11)16(20)21/h1-9H,(H3,20,21)(H,23,25)(H,22,24,26). The highest BCUT2D eigenvalue weighted by Crippen LogP contribution is 2.24. The first kappa shape index (κ1) is 18.7. The van der Waals surface area contributed by atoms with E-state index in [4.69, 9.17) is 11.1 Å². The number of nitrogens with zero attached hydrogens (tertiary/aromatic N) is 1. The maximum absolute atomic E-state index is 12.5. The van der Waals surface area contributed by atoms with Gasteiger partial charge >= 0.3 is 0 Å². The molecule has 0 saturated heterocycles. The number of amides is 2. The minimum absolute atomic E-state index is 0.0692. The van der Waals surface area contributed by atoms with E-state index in [2.05, 4.69) is 31.5 Å². The number of nitrogens with one attached hydrogen (secondary N) is 3. The van der Waals surface area contributed by atoms with Crippen molar-refractivity contribution < 1.29 is 9.59 Å². The van der Waals surface area contributed by atoms with Crippen molar-refractivity contribution in [3.8, 4) is 0 Å². The van der Waals surface area contributed by atoms with Crippen molar-refractivity contribution in [2.24, 2.45) is 5.73 Å². The van der Waals surface area contributed by atoms with Crippen LogP contribution >= 0.6 is 27.3 Å². The zero-order valence-corrected chi connectivity index (χ0v) is 16.2. The Morgan fingerprint density at radius 3 is 2.33 bits per heavy atom. The van der Waals surface area contributed by atoms with Gasteiger partial charge in [0.05, 0.1) is 5.69 Å². The van der Waals surface area contributed by atoms with Gasteiger partial charge in [-0.2, -0.15) is 0 Å². The normalized spacial score (nSPS) is 10.3. The van der Waals surface area contributed by atoms with Gasteiger partial charge in [-0.3, -0.25) is 15.0 Å². The number of rotatable bonds is 5. The summed E-state index contributed by atoms with van der Waals surface area (Å²) in [4.78, 5) is 29.4. The molecule has 27 heavy (non-hydrogen) atoms. The molecule has 0 radical (unpaired) electrons. The Hall–Kier alpha value is -3.04. The van der Waals surface area contributed by atoms with Gasteiger partial charge in [-0.15, -0.1) is 11.3 Å². The Balaban J connectivity index is 1.72. The van der Waals surface area contributed by atoms with Crippen LogP contribution in [0.4, 0.5) is 11.5 Å². The van der Waals surface area contributed by atoms with E-state index in [1.54, 1.807) is 54.0 Å². The van der Waals surface area contributed by atoms with E-state index in [1.807, 2.05) is 0 Å². The number of pyridine rings is 1. The van der Waals surface area contributed by atoms with Crippen LogP contribution in [0.1, 0.15) is 25.6 Å². The summed E-state index contributed by atoms with van der Waals surface area (Å²) in [7, 11) is 0. The molecule has 0 aliphatic carbocycles. The van der Waals surface area contributed by atoms with E-state index in [-0.39, 0.29) is 17.6 Å². The Morgan fingerprint density at radius 1 is 1.00 bits per heavy atom. The number of carbonyl (C=O) groups excluding carboxylic acids is 2. The van der Waals surface area contributed by atoms with Crippen molar-refractivity contribution in [3.63, 3.8) is 0 Å². The molecule has 5 N–H and O–H groups in total. The third-order valence-corrected chi connectivity index (χ3v) is 4.93. The third kappa shape index (κ3) is 4.57. The van der Waals surface area contributed by atoms with E-state index in [0.29, 0.717) is 27.5 Å². The number of halogens is 1. The molecule has 9 heteroatoms. The molecule has 0 bridgehead atoms. The van der Waals surface area contributed by atoms with Crippen LogP contribution in [0, 0.1) is 5.41 Å². The molecule has 0 aliphatic heterocycles. The third-order valence-electron chi connectivity index (χ3n) is 3.55. The molecule has 0 atom stereocenters. The largest absolute Gasteiger partial charge is 0.384 e. The summed E-state index contributed by atoms with van der Waals surface area (Å²) >= 11 is 4.50. The second-order valence-electron chi connectivity index (χ2n) is 5.42. The van der Waals surface area contributed by atoms with Crippen LogP contribution in [0.25, 0.3) is 0 Å². The minimum atomic E-state index is -0.362. The molecular formula is C18H14BrN5O2S. The molecule has 1 aromatic carbocycles. The predicted molar refractivity (Wildman–Crippen MR) is 110 cm³/mol. The van der Waals surface area contributed by atoms with Gasteiger partial charge in [-0.1, -0.05) is 12.1 Å². The van der Waals surface area contributed by atoms with Crippen molar-refractivity contribution >= 4 is 56.4 Å². The molecule has 0 spiro atoms. The molecule has 0 unspecified atom stereocenters. The van der Waals surface area contributed by atoms with Crippen LogP contribution in [0.2, 0.25) is 0 Å². The van der Waals surface area contributed by atoms with E-state index in [0.717, 1.165) is 4.47 Å². The van der Waals surface area contributed by atoms with Crippen LogP contribution in [-0.2, 0) is 0 Å². The maximum Gasteiger partial charge on any atom is 0.269 e. The molecule has 2 heterocycles. The number of anilines is 2. The SMILES string of the molecule is N=C(N)c1ccc(C(=O)Nc2ccsc2C(=O)Nc2ccc(Br)cn2)cc1. The summed E-state index contributed by atoms with van der Waals surface area (Å²) < 4.78 is 0.806. The number of hydrogen-bond donors (Lipinski definition) is 4. The van der Waals surface area contributed by atoms with Gasteiger partial charge in [0.2, 0.25) is 0 Å². The smallest absolute Gasteiger partial charge is 0.269 e. The average Bonchev–Trinajstić information content (AvgIpc) is 3.12. The average molecular weight is 444 g/mol. The van der Waals surface area contributed by atoms with E-state index >= 15 is 0 Å². The zero-order valence-electron chi connectivity index (χ0n) is 13.8.